The van der Waals surface area contributed by atoms with E-state index in [2.05, 4.69) is 0 Å². The van der Waals surface area contributed by atoms with Gasteiger partial charge in [-0.25, -0.2) is 9.59 Å². The van der Waals surface area contributed by atoms with Crippen LogP contribution in [0.15, 0.2) is 88.1 Å². The van der Waals surface area contributed by atoms with Crippen molar-refractivity contribution in [3.8, 4) is 51.6 Å². The number of hydrogen-bond acceptors (Lipinski definition) is 16. The second-order valence-corrected chi connectivity index (χ2v) is 12.1. The predicted octanol–water partition coefficient (Wildman–Crippen LogP) is 3.99. The summed E-state index contributed by atoms with van der Waals surface area (Å²) in [5, 5.41) is 62.3. The Morgan fingerprint density at radius 2 is 1.31 bits per heavy atom. The Kier molecular flexibility index (Phi) is 11.3. The van der Waals surface area contributed by atoms with Crippen molar-refractivity contribution in [2.24, 2.45) is 0 Å². The zero-order valence-corrected chi connectivity index (χ0v) is 29.3. The molecule has 0 radical (unpaired) electrons. The molecule has 1 aliphatic rings. The second-order valence-electron chi connectivity index (χ2n) is 12.1. The summed E-state index contributed by atoms with van der Waals surface area (Å²) in [4.78, 5) is 41.3. The van der Waals surface area contributed by atoms with E-state index in [0.717, 1.165) is 24.3 Å². The van der Waals surface area contributed by atoms with E-state index in [-0.39, 0.29) is 22.3 Å². The number of carbonyl (C=O) groups is 2. The van der Waals surface area contributed by atoms with E-state index < -0.39 is 94.6 Å². The summed E-state index contributed by atoms with van der Waals surface area (Å²) < 4.78 is 40.3. The first-order valence-corrected chi connectivity index (χ1v) is 17.0. The van der Waals surface area contributed by atoms with Crippen LogP contribution in [-0.4, -0.2) is 93.1 Å². The minimum absolute atomic E-state index is 0.00669. The molecule has 0 unspecified atom stereocenters. The molecule has 0 aliphatic carbocycles. The number of phenolic OH excluding ortho intramolecular Hbond substituents is 4. The number of hydrogen-bond donors (Lipinski definition) is 6. The third-order valence-electron chi connectivity index (χ3n) is 8.48. The van der Waals surface area contributed by atoms with Gasteiger partial charge in [0.1, 0.15) is 46.2 Å². The SMILES string of the molecule is CCOc1ccc(C(=O)O[C@H]2[C@H](Oc3c(-c4ccc(O)c(O)c4)oc4cc(O)cc(O)c4c3=O)O[C@H](CO)[C@@H](O)[C@@H]2OC(=O)c2ccc(OCC)cc2)cc1. The van der Waals surface area contributed by atoms with Gasteiger partial charge in [0.05, 0.1) is 30.9 Å². The summed E-state index contributed by atoms with van der Waals surface area (Å²) in [7, 11) is 0. The Bertz CT molecular complexity index is 2230. The largest absolute Gasteiger partial charge is 0.508 e. The van der Waals surface area contributed by atoms with Crippen LogP contribution in [0.25, 0.3) is 22.3 Å². The number of benzene rings is 4. The monoisotopic (exact) mass is 760 g/mol. The maximum absolute atomic E-state index is 14.1. The molecule has 16 nitrogen and oxygen atoms in total. The van der Waals surface area contributed by atoms with E-state index in [9.17, 15) is 45.0 Å². The van der Waals surface area contributed by atoms with Gasteiger partial charge < -0.3 is 63.5 Å². The van der Waals surface area contributed by atoms with Gasteiger partial charge in [0.2, 0.25) is 23.6 Å². The fourth-order valence-electron chi connectivity index (χ4n) is 5.83. The van der Waals surface area contributed by atoms with Gasteiger partial charge in [0.25, 0.3) is 0 Å². The maximum Gasteiger partial charge on any atom is 0.338 e. The van der Waals surface area contributed by atoms with Gasteiger partial charge in [0, 0.05) is 17.7 Å². The first-order chi connectivity index (χ1) is 26.4. The summed E-state index contributed by atoms with van der Waals surface area (Å²) in [6.45, 7) is 3.43. The third kappa shape index (κ3) is 8.06. The Morgan fingerprint density at radius 3 is 1.85 bits per heavy atom. The summed E-state index contributed by atoms with van der Waals surface area (Å²) in [5.74, 6) is -4.51. The van der Waals surface area contributed by atoms with Gasteiger partial charge in [-0.15, -0.1) is 0 Å². The van der Waals surface area contributed by atoms with Gasteiger partial charge >= 0.3 is 11.9 Å². The highest BCUT2D eigenvalue weighted by Crippen LogP contribution is 2.40. The van der Waals surface area contributed by atoms with Crippen LogP contribution < -0.4 is 19.6 Å². The number of aliphatic hydroxyl groups excluding tert-OH is 2. The van der Waals surface area contributed by atoms with Crippen LogP contribution in [0.2, 0.25) is 0 Å². The first-order valence-electron chi connectivity index (χ1n) is 17.0. The number of ether oxygens (including phenoxy) is 6. The molecule has 6 rings (SSSR count). The lowest BCUT2D eigenvalue weighted by Gasteiger charge is -2.42. The molecule has 16 heteroatoms. The molecule has 1 fully saturated rings. The van der Waals surface area contributed by atoms with Crippen LogP contribution in [0, 0.1) is 0 Å². The van der Waals surface area contributed by atoms with Crippen molar-refractivity contribution in [1.29, 1.82) is 0 Å². The van der Waals surface area contributed by atoms with Crippen molar-refractivity contribution in [2.45, 2.75) is 44.6 Å². The van der Waals surface area contributed by atoms with Crippen LogP contribution in [0.4, 0.5) is 0 Å². The van der Waals surface area contributed by atoms with Gasteiger partial charge in [-0.05, 0) is 80.6 Å². The van der Waals surface area contributed by atoms with Gasteiger partial charge in [-0.3, -0.25) is 4.79 Å². The van der Waals surface area contributed by atoms with Crippen LogP contribution in [0.5, 0.6) is 40.2 Å². The summed E-state index contributed by atoms with van der Waals surface area (Å²) in [6.07, 6.45) is -9.01. The highest BCUT2D eigenvalue weighted by Gasteiger charge is 2.51. The lowest BCUT2D eigenvalue weighted by molar-refractivity contribution is -0.276. The van der Waals surface area contributed by atoms with Crippen molar-refractivity contribution >= 4 is 22.9 Å². The first kappa shape index (κ1) is 38.2. The molecule has 2 heterocycles. The zero-order valence-electron chi connectivity index (χ0n) is 29.3. The Morgan fingerprint density at radius 1 is 0.727 bits per heavy atom. The number of esters is 2. The molecule has 4 aromatic carbocycles. The van der Waals surface area contributed by atoms with E-state index >= 15 is 0 Å². The lowest BCUT2D eigenvalue weighted by Crippen LogP contribution is -2.62. The van der Waals surface area contributed by atoms with E-state index in [1.54, 1.807) is 13.8 Å². The van der Waals surface area contributed by atoms with Crippen LogP contribution in [0.3, 0.4) is 0 Å². The summed E-state index contributed by atoms with van der Waals surface area (Å²) >= 11 is 0. The molecule has 6 N–H and O–H groups in total. The van der Waals surface area contributed by atoms with E-state index in [1.807, 2.05) is 0 Å². The third-order valence-corrected chi connectivity index (χ3v) is 8.48. The molecule has 5 atom stereocenters. The Labute approximate surface area is 311 Å². The summed E-state index contributed by atoms with van der Waals surface area (Å²) in [6, 6.07) is 16.9. The predicted molar refractivity (Wildman–Crippen MR) is 191 cm³/mol. The molecule has 1 saturated heterocycles. The smallest absolute Gasteiger partial charge is 0.338 e. The normalized spacial score (nSPS) is 19.4. The van der Waals surface area contributed by atoms with Crippen molar-refractivity contribution in [3.63, 3.8) is 0 Å². The fourth-order valence-corrected chi connectivity index (χ4v) is 5.83. The van der Waals surface area contributed by atoms with Crippen LogP contribution in [-0.2, 0) is 14.2 Å². The van der Waals surface area contributed by atoms with Crippen LogP contribution in [0.1, 0.15) is 34.6 Å². The number of aliphatic hydroxyl groups is 2. The fraction of sp³-hybridized carbons (Fsp3) is 0.256. The van der Waals surface area contributed by atoms with E-state index in [4.69, 9.17) is 32.8 Å². The van der Waals surface area contributed by atoms with Gasteiger partial charge in [0.15, 0.2) is 23.4 Å². The molecular formula is C39H36O16. The standard InChI is InChI=1S/C39H36O16/c1-3-49-23-10-5-19(6-11-23)37(47)53-34-31(45)29(18-40)52-39(36(34)54-38(48)20-7-12-24(13-8-20)50-4-2)55-35-32(46)30-27(44)16-22(41)17-28(30)51-33(35)21-9-14-25(42)26(43)15-21/h5-17,29,31,34,36,39-45H,3-4,18H2,1-2H3/t29-,31-,34+,36-,39+/m1/s1. The molecule has 55 heavy (non-hydrogen) atoms. The maximum atomic E-state index is 14.1. The molecule has 0 saturated carbocycles. The van der Waals surface area contributed by atoms with Crippen LogP contribution >= 0.6 is 0 Å². The highest BCUT2D eigenvalue weighted by molar-refractivity contribution is 5.91. The van der Waals surface area contributed by atoms with Crippen molar-refractivity contribution in [1.82, 2.24) is 0 Å². The molecular weight excluding hydrogens is 724 g/mol. The Hall–Kier alpha value is -6.49. The zero-order chi connectivity index (χ0) is 39.4. The van der Waals surface area contributed by atoms with Crippen molar-refractivity contribution in [2.75, 3.05) is 19.8 Å². The number of rotatable bonds is 12. The molecule has 288 valence electrons. The molecule has 0 amide bonds. The van der Waals surface area contributed by atoms with Gasteiger partial charge in [-0.1, -0.05) is 0 Å². The molecule has 5 aromatic rings. The quantitative estimate of drug-likeness (QED) is 0.0778. The Balaban J connectivity index is 1.46. The van der Waals surface area contributed by atoms with E-state index in [0.29, 0.717) is 24.7 Å². The molecule has 1 aromatic heterocycles. The van der Waals surface area contributed by atoms with Gasteiger partial charge in [-0.2, -0.15) is 0 Å². The van der Waals surface area contributed by atoms with Crippen molar-refractivity contribution < 1.29 is 73.1 Å². The number of phenols is 4. The summed E-state index contributed by atoms with van der Waals surface area (Å²) in [5.41, 5.74) is -1.40. The van der Waals surface area contributed by atoms with Crippen molar-refractivity contribution in [3.05, 3.63) is 100 Å². The number of fused-ring (bicyclic) bond motifs is 1. The second kappa shape index (κ2) is 16.3. The number of aromatic hydroxyl groups is 4. The molecule has 0 spiro atoms. The number of carbonyl (C=O) groups excluding carboxylic acids is 2. The molecule has 1 aliphatic heterocycles. The topological polar surface area (TPSA) is 241 Å². The average Bonchev–Trinajstić information content (AvgIpc) is 3.16. The minimum Gasteiger partial charge on any atom is -0.508 e. The minimum atomic E-state index is -1.95. The molecule has 0 bridgehead atoms. The van der Waals surface area contributed by atoms with E-state index in [1.165, 1.54) is 54.6 Å². The lowest BCUT2D eigenvalue weighted by atomic mass is 9.98. The highest BCUT2D eigenvalue weighted by atomic mass is 16.7. The average molecular weight is 761 g/mol.